The van der Waals surface area contributed by atoms with Gasteiger partial charge < -0.3 is 29.6 Å². The van der Waals surface area contributed by atoms with E-state index in [1.165, 1.54) is 25.3 Å². The third kappa shape index (κ3) is 7.73. The third-order valence-electron chi connectivity index (χ3n) is 8.12. The van der Waals surface area contributed by atoms with Gasteiger partial charge in [0.05, 0.1) is 32.8 Å². The molecule has 0 aliphatic rings. The summed E-state index contributed by atoms with van der Waals surface area (Å²) in [7, 11) is -0.480. The lowest BCUT2D eigenvalue weighted by Crippen LogP contribution is -2.43. The lowest BCUT2D eigenvalue weighted by molar-refractivity contribution is 0.0222. The first-order valence-electron chi connectivity index (χ1n) is 14.1. The molecule has 1 heterocycles. The molecule has 9 nitrogen and oxygen atoms in total. The highest BCUT2D eigenvalue weighted by atomic mass is 28.3. The molecule has 3 N–H and O–H groups in total. The molecule has 0 saturated heterocycles. The highest BCUT2D eigenvalue weighted by molar-refractivity contribution is 6.80. The van der Waals surface area contributed by atoms with Crippen molar-refractivity contribution >= 4 is 31.0 Å². The van der Waals surface area contributed by atoms with Crippen LogP contribution in [0, 0.1) is 0 Å². The number of nitrogens with one attached hydrogen (secondary N) is 1. The Morgan fingerprint density at radius 1 is 1.02 bits per heavy atom. The number of phenols is 1. The van der Waals surface area contributed by atoms with E-state index in [1.54, 1.807) is 23.1 Å². The van der Waals surface area contributed by atoms with Crippen LogP contribution in [-0.2, 0) is 11.3 Å². The second-order valence-electron chi connectivity index (χ2n) is 13.5. The Bertz CT molecular complexity index is 1520. The SMILES string of the molecule is COc1cc(C(=O)O)ccc1CN(C[C@H](C[Si](C)(C)C(C)(C)C)c1ccc(O)c2[nH]c(=O)ccc12)C(=O)OC(C)(C)C. The maximum Gasteiger partial charge on any atom is 0.410 e. The first-order chi connectivity index (χ1) is 19.3. The van der Waals surface area contributed by atoms with Gasteiger partial charge in [0.15, 0.2) is 0 Å². The Labute approximate surface area is 248 Å². The average Bonchev–Trinajstić information content (AvgIpc) is 2.86. The van der Waals surface area contributed by atoms with Gasteiger partial charge in [-0.2, -0.15) is 0 Å². The highest BCUT2D eigenvalue weighted by Crippen LogP contribution is 2.44. The summed E-state index contributed by atoms with van der Waals surface area (Å²) in [6, 6.07) is 12.0. The fourth-order valence-corrected chi connectivity index (χ4v) is 7.01. The molecule has 0 aliphatic carbocycles. The molecule has 0 spiro atoms. The number of carbonyl (C=O) groups is 2. The van der Waals surface area contributed by atoms with Gasteiger partial charge in [0.2, 0.25) is 5.56 Å². The highest BCUT2D eigenvalue weighted by Gasteiger charge is 2.39. The van der Waals surface area contributed by atoms with Crippen LogP contribution in [0.25, 0.3) is 10.9 Å². The molecular weight excluding hydrogens is 552 g/mol. The van der Waals surface area contributed by atoms with Crippen LogP contribution in [0.1, 0.15) is 68.9 Å². The number of benzene rings is 2. The van der Waals surface area contributed by atoms with E-state index in [9.17, 15) is 24.6 Å². The number of carboxylic acid groups (broad SMARTS) is 1. The molecule has 1 aromatic heterocycles. The van der Waals surface area contributed by atoms with Crippen molar-refractivity contribution in [2.45, 2.75) is 83.8 Å². The predicted octanol–water partition coefficient (Wildman–Crippen LogP) is 6.97. The first kappa shape index (κ1) is 32.7. The largest absolute Gasteiger partial charge is 0.506 e. The summed E-state index contributed by atoms with van der Waals surface area (Å²) in [6.45, 7) is 17.2. The van der Waals surface area contributed by atoms with Crippen molar-refractivity contribution in [3.63, 3.8) is 0 Å². The lowest BCUT2D eigenvalue weighted by Gasteiger charge is -2.41. The summed E-state index contributed by atoms with van der Waals surface area (Å²) in [5, 5.41) is 20.8. The molecule has 2 aromatic carbocycles. The van der Waals surface area contributed by atoms with Gasteiger partial charge in [0.1, 0.15) is 17.1 Å². The zero-order valence-corrected chi connectivity index (χ0v) is 27.1. The van der Waals surface area contributed by atoms with Crippen LogP contribution in [0.15, 0.2) is 47.3 Å². The summed E-state index contributed by atoms with van der Waals surface area (Å²) in [5.74, 6) is -0.908. The van der Waals surface area contributed by atoms with Crippen LogP contribution in [0.3, 0.4) is 0 Å². The van der Waals surface area contributed by atoms with Crippen molar-refractivity contribution in [3.05, 3.63) is 69.5 Å². The fraction of sp³-hybridized carbons (Fsp3) is 0.469. The summed E-state index contributed by atoms with van der Waals surface area (Å²) in [4.78, 5) is 41.8. The zero-order chi connectivity index (χ0) is 31.6. The molecule has 0 radical (unpaired) electrons. The van der Waals surface area contributed by atoms with Crippen molar-refractivity contribution in [1.29, 1.82) is 0 Å². The number of pyridine rings is 1. The molecule has 0 bridgehead atoms. The second kappa shape index (κ2) is 12.2. The number of aromatic carboxylic acids is 1. The van der Waals surface area contributed by atoms with Gasteiger partial charge in [-0.3, -0.25) is 4.79 Å². The molecule has 0 fully saturated rings. The van der Waals surface area contributed by atoms with Gasteiger partial charge >= 0.3 is 12.1 Å². The number of rotatable bonds is 9. The van der Waals surface area contributed by atoms with E-state index in [0.29, 0.717) is 22.2 Å². The van der Waals surface area contributed by atoms with Gasteiger partial charge in [-0.1, -0.05) is 46.0 Å². The average molecular weight is 597 g/mol. The molecule has 1 amide bonds. The van der Waals surface area contributed by atoms with E-state index in [1.807, 2.05) is 26.8 Å². The van der Waals surface area contributed by atoms with E-state index >= 15 is 0 Å². The van der Waals surface area contributed by atoms with Gasteiger partial charge in [-0.25, -0.2) is 9.59 Å². The second-order valence-corrected chi connectivity index (χ2v) is 19.2. The summed E-state index contributed by atoms with van der Waals surface area (Å²) >= 11 is 0. The topological polar surface area (TPSA) is 129 Å². The number of H-pyrrole nitrogens is 1. The number of hydrogen-bond donors (Lipinski definition) is 3. The number of aromatic nitrogens is 1. The minimum atomic E-state index is -1.94. The molecule has 42 heavy (non-hydrogen) atoms. The normalized spacial score (nSPS) is 13.1. The monoisotopic (exact) mass is 596 g/mol. The van der Waals surface area contributed by atoms with Crippen LogP contribution >= 0.6 is 0 Å². The number of ether oxygens (including phenoxy) is 2. The summed E-state index contributed by atoms with van der Waals surface area (Å²) in [6.07, 6.45) is -0.511. The van der Waals surface area contributed by atoms with Crippen LogP contribution in [0.2, 0.25) is 24.2 Å². The molecule has 3 aromatic rings. The van der Waals surface area contributed by atoms with Crippen molar-refractivity contribution < 1.29 is 29.3 Å². The number of carbonyl (C=O) groups excluding carboxylic acids is 1. The fourth-order valence-electron chi connectivity index (χ4n) is 4.82. The molecule has 0 aliphatic heterocycles. The third-order valence-corrected chi connectivity index (χ3v) is 13.7. The molecule has 228 valence electrons. The van der Waals surface area contributed by atoms with E-state index in [-0.39, 0.29) is 40.9 Å². The lowest BCUT2D eigenvalue weighted by atomic mass is 9.95. The summed E-state index contributed by atoms with van der Waals surface area (Å²) in [5.41, 5.74) is 0.926. The Kier molecular flexibility index (Phi) is 9.51. The van der Waals surface area contributed by atoms with E-state index in [4.69, 9.17) is 9.47 Å². The van der Waals surface area contributed by atoms with E-state index < -0.39 is 25.7 Å². The Morgan fingerprint density at radius 2 is 1.69 bits per heavy atom. The van der Waals surface area contributed by atoms with Crippen molar-refractivity contribution in [1.82, 2.24) is 9.88 Å². The Hall–Kier alpha value is -3.79. The van der Waals surface area contributed by atoms with Crippen LogP contribution < -0.4 is 10.3 Å². The number of fused-ring (bicyclic) bond motifs is 1. The smallest absolute Gasteiger partial charge is 0.410 e. The van der Waals surface area contributed by atoms with Gasteiger partial charge in [0, 0.05) is 29.5 Å². The van der Waals surface area contributed by atoms with Crippen LogP contribution in [-0.4, -0.2) is 59.5 Å². The van der Waals surface area contributed by atoms with Gasteiger partial charge in [0.25, 0.3) is 0 Å². The van der Waals surface area contributed by atoms with E-state index in [0.717, 1.165) is 11.6 Å². The number of aromatic hydroxyl groups is 1. The maximum atomic E-state index is 13.7. The first-order valence-corrected chi connectivity index (χ1v) is 17.3. The Morgan fingerprint density at radius 3 is 2.26 bits per heavy atom. The number of carboxylic acids is 1. The molecule has 0 unspecified atom stereocenters. The molecular formula is C32H44N2O7Si. The van der Waals surface area contributed by atoms with E-state index in [2.05, 4.69) is 38.8 Å². The van der Waals surface area contributed by atoms with Crippen LogP contribution in [0.5, 0.6) is 11.5 Å². The molecule has 10 heteroatoms. The zero-order valence-electron chi connectivity index (χ0n) is 26.1. The molecule has 0 saturated carbocycles. The number of nitrogens with zero attached hydrogens (tertiary/aromatic N) is 1. The number of hydrogen-bond acceptors (Lipinski definition) is 6. The van der Waals surface area contributed by atoms with Crippen molar-refractivity contribution in [2.75, 3.05) is 13.7 Å². The van der Waals surface area contributed by atoms with Crippen molar-refractivity contribution in [2.24, 2.45) is 0 Å². The van der Waals surface area contributed by atoms with Crippen LogP contribution in [0.4, 0.5) is 4.79 Å². The minimum absolute atomic E-state index is 0.0234. The molecule has 3 rings (SSSR count). The number of aromatic amines is 1. The minimum Gasteiger partial charge on any atom is -0.506 e. The standard InChI is InChI=1S/C32H44N2O7Si/c1-31(2,3)41-30(39)34(17-21-11-10-20(29(37)38)16-26(21)40-7)18-22(19-42(8,9)32(4,5)6)23-12-14-25(35)28-24(23)13-15-27(36)33-28/h10-16,22,35H,17-19H2,1-9H3,(H,33,36)(H,37,38)/t22-/m1/s1. The quantitative estimate of drug-likeness (QED) is 0.228. The number of methoxy groups -OCH3 is 1. The predicted molar refractivity (Wildman–Crippen MR) is 168 cm³/mol. The summed E-state index contributed by atoms with van der Waals surface area (Å²) < 4.78 is 11.4. The number of amides is 1. The Balaban J connectivity index is 2.18. The molecule has 1 atom stereocenters. The van der Waals surface area contributed by atoms with Gasteiger partial charge in [-0.15, -0.1) is 0 Å². The maximum absolute atomic E-state index is 13.7. The number of phenolic OH excluding ortho intramolecular Hbond substituents is 1. The van der Waals surface area contributed by atoms with Crippen molar-refractivity contribution in [3.8, 4) is 11.5 Å². The van der Waals surface area contributed by atoms with Gasteiger partial charge in [-0.05, 0) is 61.7 Å².